The summed E-state index contributed by atoms with van der Waals surface area (Å²) in [5.41, 5.74) is 2.08. The second-order valence-electron chi connectivity index (χ2n) is 4.01. The van der Waals surface area contributed by atoms with E-state index in [4.69, 9.17) is 24.8 Å². The molecule has 3 N–H and O–H groups in total. The van der Waals surface area contributed by atoms with Gasteiger partial charge >= 0.3 is 0 Å². The number of carbonyl (C=O) groups is 1. The van der Waals surface area contributed by atoms with Crippen molar-refractivity contribution in [1.29, 1.82) is 0 Å². The van der Waals surface area contributed by atoms with Gasteiger partial charge in [0.1, 0.15) is 0 Å². The van der Waals surface area contributed by atoms with Crippen molar-refractivity contribution in [3.63, 3.8) is 0 Å². The van der Waals surface area contributed by atoms with Crippen LogP contribution in [0.4, 0.5) is 0 Å². The first-order valence-corrected chi connectivity index (χ1v) is 6.46. The average molecular weight is 278 g/mol. The monoisotopic (exact) mass is 278 g/mol. The van der Waals surface area contributed by atoms with Gasteiger partial charge < -0.3 is 18.9 Å². The molecule has 0 fully saturated rings. The van der Waals surface area contributed by atoms with Crippen molar-refractivity contribution in [2.45, 2.75) is 25.9 Å². The Morgan fingerprint density at radius 3 is 2.26 bits per heavy atom. The highest BCUT2D eigenvalue weighted by Gasteiger charge is 2.05. The number of hydrogen-bond donors (Lipinski definition) is 2. The third-order valence-corrected chi connectivity index (χ3v) is 2.37. The highest BCUT2D eigenvalue weighted by atomic mass is 16.6. The molecule has 1 amide bonds. The molecule has 1 atom stereocenters. The quantitative estimate of drug-likeness (QED) is 0.210. The number of hydrazine groups is 1. The van der Waals surface area contributed by atoms with Crippen LogP contribution in [0, 0.1) is 0 Å². The third kappa shape index (κ3) is 13.5. The summed E-state index contributed by atoms with van der Waals surface area (Å²) < 4.78 is 20.9. The van der Waals surface area contributed by atoms with E-state index in [2.05, 4.69) is 5.43 Å². The van der Waals surface area contributed by atoms with E-state index in [0.29, 0.717) is 52.5 Å². The van der Waals surface area contributed by atoms with Crippen LogP contribution in [0.25, 0.3) is 0 Å². The highest BCUT2D eigenvalue weighted by Crippen LogP contribution is 2.00. The Kier molecular flexibility index (Phi) is 13.2. The maximum absolute atomic E-state index is 10.9. The second kappa shape index (κ2) is 13.7. The Morgan fingerprint density at radius 2 is 1.68 bits per heavy atom. The van der Waals surface area contributed by atoms with Crippen LogP contribution in [0.1, 0.15) is 19.8 Å². The Bertz CT molecular complexity index is 216. The molecular formula is C12H26N2O5. The zero-order valence-corrected chi connectivity index (χ0v) is 11.9. The molecular weight excluding hydrogens is 252 g/mol. The molecule has 1 unspecified atom stereocenters. The van der Waals surface area contributed by atoms with Gasteiger partial charge in [0, 0.05) is 13.5 Å². The fraction of sp³-hybridized carbons (Fsp3) is 0.917. The highest BCUT2D eigenvalue weighted by molar-refractivity contribution is 5.75. The molecule has 0 aliphatic carbocycles. The van der Waals surface area contributed by atoms with E-state index in [1.54, 1.807) is 7.11 Å². The zero-order valence-electron chi connectivity index (χ0n) is 11.9. The first kappa shape index (κ1) is 18.3. The van der Waals surface area contributed by atoms with Gasteiger partial charge in [-0.2, -0.15) is 0 Å². The number of amides is 1. The van der Waals surface area contributed by atoms with Crippen molar-refractivity contribution in [2.75, 3.05) is 46.8 Å². The number of hydrogen-bond acceptors (Lipinski definition) is 6. The molecule has 0 aromatic rings. The summed E-state index contributed by atoms with van der Waals surface area (Å²) in [5, 5.41) is 0. The summed E-state index contributed by atoms with van der Waals surface area (Å²) in [5.74, 6) is 4.80. The van der Waals surface area contributed by atoms with Crippen LogP contribution in [0.15, 0.2) is 0 Å². The fourth-order valence-corrected chi connectivity index (χ4v) is 1.26. The second-order valence-corrected chi connectivity index (χ2v) is 4.01. The van der Waals surface area contributed by atoms with Crippen molar-refractivity contribution in [3.05, 3.63) is 0 Å². The summed E-state index contributed by atoms with van der Waals surface area (Å²) in [4.78, 5) is 10.9. The van der Waals surface area contributed by atoms with E-state index in [9.17, 15) is 4.79 Å². The molecule has 0 aliphatic rings. The first-order chi connectivity index (χ1) is 9.20. The van der Waals surface area contributed by atoms with Crippen molar-refractivity contribution in [1.82, 2.24) is 5.43 Å². The van der Waals surface area contributed by atoms with E-state index in [1.807, 2.05) is 6.92 Å². The molecule has 0 saturated heterocycles. The molecule has 7 nitrogen and oxygen atoms in total. The number of nitrogens with two attached hydrogens (primary N) is 1. The standard InChI is InChI=1S/C12H26N2O5/c1-11(3-4-12(15)14-13)19-10-9-18-8-7-17-6-5-16-2/h11H,3-10,13H2,1-2H3,(H,14,15). The van der Waals surface area contributed by atoms with E-state index in [0.717, 1.165) is 0 Å². The lowest BCUT2D eigenvalue weighted by molar-refractivity contribution is -0.121. The molecule has 0 saturated carbocycles. The maximum atomic E-state index is 10.9. The van der Waals surface area contributed by atoms with Gasteiger partial charge in [-0.05, 0) is 13.3 Å². The summed E-state index contributed by atoms with van der Waals surface area (Å²) in [6, 6.07) is 0. The minimum Gasteiger partial charge on any atom is -0.382 e. The van der Waals surface area contributed by atoms with Crippen LogP contribution in [-0.2, 0) is 23.7 Å². The Hall–Kier alpha value is -0.730. The van der Waals surface area contributed by atoms with Gasteiger partial charge in [-0.1, -0.05) is 0 Å². The van der Waals surface area contributed by atoms with E-state index in [-0.39, 0.29) is 12.0 Å². The van der Waals surface area contributed by atoms with Crippen molar-refractivity contribution in [3.8, 4) is 0 Å². The predicted octanol–water partition coefficient (Wildman–Crippen LogP) is -0.159. The molecule has 0 radical (unpaired) electrons. The molecule has 19 heavy (non-hydrogen) atoms. The number of carbonyl (C=O) groups excluding carboxylic acids is 1. The molecule has 0 heterocycles. The summed E-state index contributed by atoms with van der Waals surface area (Å²) in [6.45, 7) is 5.20. The van der Waals surface area contributed by atoms with Gasteiger partial charge in [-0.25, -0.2) is 5.84 Å². The Labute approximate surface area is 114 Å². The van der Waals surface area contributed by atoms with Gasteiger partial charge in [-0.3, -0.25) is 10.2 Å². The molecule has 0 rings (SSSR count). The summed E-state index contributed by atoms with van der Waals surface area (Å²) >= 11 is 0. The molecule has 7 heteroatoms. The third-order valence-electron chi connectivity index (χ3n) is 2.37. The zero-order chi connectivity index (χ0) is 14.3. The van der Waals surface area contributed by atoms with Crippen LogP contribution < -0.4 is 11.3 Å². The minimum atomic E-state index is -0.181. The van der Waals surface area contributed by atoms with E-state index in [1.165, 1.54) is 0 Å². The fourth-order valence-electron chi connectivity index (χ4n) is 1.26. The SMILES string of the molecule is COCCOCCOCCOC(C)CCC(=O)NN. The smallest absolute Gasteiger partial charge is 0.233 e. The number of rotatable bonds is 13. The summed E-state index contributed by atoms with van der Waals surface area (Å²) in [6.07, 6.45) is 1.02. The van der Waals surface area contributed by atoms with E-state index < -0.39 is 0 Å². The molecule has 0 aromatic heterocycles. The normalized spacial score (nSPS) is 12.4. The van der Waals surface area contributed by atoms with Crippen LogP contribution in [0.5, 0.6) is 0 Å². The van der Waals surface area contributed by atoms with E-state index >= 15 is 0 Å². The average Bonchev–Trinajstić information content (AvgIpc) is 2.42. The van der Waals surface area contributed by atoms with Gasteiger partial charge in [0.05, 0.1) is 45.7 Å². The number of ether oxygens (including phenoxy) is 4. The van der Waals surface area contributed by atoms with Crippen molar-refractivity contribution in [2.24, 2.45) is 5.84 Å². The van der Waals surface area contributed by atoms with Crippen LogP contribution in [0.3, 0.4) is 0 Å². The van der Waals surface area contributed by atoms with Crippen molar-refractivity contribution >= 4 is 5.91 Å². The molecule has 0 spiro atoms. The minimum absolute atomic E-state index is 0.0128. The molecule has 0 aromatic carbocycles. The van der Waals surface area contributed by atoms with Crippen molar-refractivity contribution < 1.29 is 23.7 Å². The van der Waals surface area contributed by atoms with Gasteiger partial charge in [0.2, 0.25) is 5.91 Å². The Morgan fingerprint density at radius 1 is 1.11 bits per heavy atom. The van der Waals surface area contributed by atoms with Gasteiger partial charge in [-0.15, -0.1) is 0 Å². The topological polar surface area (TPSA) is 92.0 Å². The molecule has 0 aliphatic heterocycles. The molecule has 0 bridgehead atoms. The maximum Gasteiger partial charge on any atom is 0.233 e. The predicted molar refractivity (Wildman–Crippen MR) is 70.5 cm³/mol. The largest absolute Gasteiger partial charge is 0.382 e. The van der Waals surface area contributed by atoms with Gasteiger partial charge in [0.15, 0.2) is 0 Å². The lowest BCUT2D eigenvalue weighted by Gasteiger charge is -2.12. The number of methoxy groups -OCH3 is 1. The summed E-state index contributed by atoms with van der Waals surface area (Å²) in [7, 11) is 1.63. The lowest BCUT2D eigenvalue weighted by atomic mass is 10.2. The lowest BCUT2D eigenvalue weighted by Crippen LogP contribution is -2.30. The van der Waals surface area contributed by atoms with Gasteiger partial charge in [0.25, 0.3) is 0 Å². The van der Waals surface area contributed by atoms with Crippen LogP contribution in [0.2, 0.25) is 0 Å². The number of nitrogens with one attached hydrogen (secondary N) is 1. The molecule has 114 valence electrons. The van der Waals surface area contributed by atoms with Crippen LogP contribution >= 0.6 is 0 Å². The first-order valence-electron chi connectivity index (χ1n) is 6.46. The van der Waals surface area contributed by atoms with Crippen LogP contribution in [-0.4, -0.2) is 58.8 Å². The Balaban J connectivity index is 3.18.